The SMILES string of the molecule is CC1CC2C(C)C2CC=CC1N(C)[O-]. The molecule has 2 aliphatic carbocycles. The molecule has 0 bridgehead atoms. The van der Waals surface area contributed by atoms with Crippen molar-refractivity contribution in [2.24, 2.45) is 23.7 Å². The number of likely N-dealkylation sites (N-methyl/N-ethyl adjacent to an activating group) is 1. The Morgan fingerprint density at radius 1 is 1.29 bits per heavy atom. The van der Waals surface area contributed by atoms with Gasteiger partial charge in [-0.2, -0.15) is 0 Å². The van der Waals surface area contributed by atoms with E-state index in [0.29, 0.717) is 5.92 Å². The Kier molecular flexibility index (Phi) is 2.67. The predicted octanol–water partition coefficient (Wildman–Crippen LogP) is 2.65. The van der Waals surface area contributed by atoms with Gasteiger partial charge in [-0.1, -0.05) is 26.0 Å². The Morgan fingerprint density at radius 3 is 2.64 bits per heavy atom. The van der Waals surface area contributed by atoms with Crippen LogP contribution < -0.4 is 0 Å². The van der Waals surface area contributed by atoms with E-state index in [1.165, 1.54) is 12.8 Å². The molecule has 0 amide bonds. The number of hydrogen-bond donors (Lipinski definition) is 0. The molecule has 5 atom stereocenters. The van der Waals surface area contributed by atoms with Crippen LogP contribution in [0, 0.1) is 28.9 Å². The Bertz CT molecular complexity index is 236. The largest absolute Gasteiger partial charge is 0.785 e. The fourth-order valence-electron chi connectivity index (χ4n) is 3.03. The van der Waals surface area contributed by atoms with Crippen molar-refractivity contribution in [2.75, 3.05) is 7.05 Å². The summed E-state index contributed by atoms with van der Waals surface area (Å²) in [6.45, 7) is 4.55. The van der Waals surface area contributed by atoms with Crippen LogP contribution in [-0.2, 0) is 0 Å². The molecule has 2 heteroatoms. The third-order valence-corrected chi connectivity index (χ3v) is 4.15. The van der Waals surface area contributed by atoms with E-state index in [1.54, 1.807) is 7.05 Å². The van der Waals surface area contributed by atoms with Gasteiger partial charge in [0, 0.05) is 6.04 Å². The summed E-state index contributed by atoms with van der Waals surface area (Å²) in [5, 5.41) is 12.4. The lowest BCUT2D eigenvalue weighted by atomic mass is 9.92. The van der Waals surface area contributed by atoms with Crippen LogP contribution in [0.5, 0.6) is 0 Å². The molecule has 0 saturated heterocycles. The van der Waals surface area contributed by atoms with Crippen molar-refractivity contribution in [3.05, 3.63) is 17.4 Å². The molecule has 2 rings (SSSR count). The summed E-state index contributed by atoms with van der Waals surface area (Å²) in [6.07, 6.45) is 6.74. The maximum atomic E-state index is 11.3. The molecule has 1 fully saturated rings. The Balaban J connectivity index is 2.06. The highest BCUT2D eigenvalue weighted by atomic mass is 16.5. The maximum absolute atomic E-state index is 11.3. The number of fused-ring (bicyclic) bond motifs is 1. The van der Waals surface area contributed by atoms with Crippen molar-refractivity contribution in [3.8, 4) is 0 Å². The molecule has 0 N–H and O–H groups in total. The summed E-state index contributed by atoms with van der Waals surface area (Å²) < 4.78 is 0. The van der Waals surface area contributed by atoms with Gasteiger partial charge in [0.05, 0.1) is 0 Å². The molecule has 14 heavy (non-hydrogen) atoms. The van der Waals surface area contributed by atoms with Crippen molar-refractivity contribution >= 4 is 0 Å². The minimum atomic E-state index is 0.101. The number of allylic oxidation sites excluding steroid dienone is 1. The van der Waals surface area contributed by atoms with Crippen LogP contribution in [0.3, 0.4) is 0 Å². The first-order chi connectivity index (χ1) is 6.61. The summed E-state index contributed by atoms with van der Waals surface area (Å²) in [5.74, 6) is 3.19. The molecular formula is C12H20NO-. The van der Waals surface area contributed by atoms with Crippen molar-refractivity contribution in [1.29, 1.82) is 0 Å². The van der Waals surface area contributed by atoms with Crippen LogP contribution in [0.25, 0.3) is 0 Å². The highest BCUT2D eigenvalue weighted by Crippen LogP contribution is 2.53. The summed E-state index contributed by atoms with van der Waals surface area (Å²) in [7, 11) is 1.64. The molecule has 1 saturated carbocycles. The first-order valence-corrected chi connectivity index (χ1v) is 5.68. The monoisotopic (exact) mass is 194 g/mol. The van der Waals surface area contributed by atoms with E-state index in [2.05, 4.69) is 26.0 Å². The van der Waals surface area contributed by atoms with Gasteiger partial charge in [-0.25, -0.2) is 0 Å². The van der Waals surface area contributed by atoms with E-state index < -0.39 is 0 Å². The second kappa shape index (κ2) is 3.67. The van der Waals surface area contributed by atoms with Gasteiger partial charge in [0.2, 0.25) is 0 Å². The number of hydroxylamine groups is 2. The number of rotatable bonds is 1. The fraction of sp³-hybridized carbons (Fsp3) is 0.833. The second-order valence-electron chi connectivity index (χ2n) is 5.10. The van der Waals surface area contributed by atoms with Crippen LogP contribution in [0.15, 0.2) is 12.2 Å². The molecule has 0 aromatic rings. The van der Waals surface area contributed by atoms with Crippen LogP contribution in [-0.4, -0.2) is 18.2 Å². The first-order valence-electron chi connectivity index (χ1n) is 5.68. The van der Waals surface area contributed by atoms with Gasteiger partial charge >= 0.3 is 0 Å². The molecule has 0 heterocycles. The van der Waals surface area contributed by atoms with E-state index in [-0.39, 0.29) is 6.04 Å². The molecule has 0 aliphatic heterocycles. The molecule has 0 spiro atoms. The lowest BCUT2D eigenvalue weighted by molar-refractivity contribution is 0.269. The van der Waals surface area contributed by atoms with Gasteiger partial charge in [0.25, 0.3) is 0 Å². The summed E-state index contributed by atoms with van der Waals surface area (Å²) in [5.41, 5.74) is 0. The lowest BCUT2D eigenvalue weighted by Crippen LogP contribution is -2.31. The van der Waals surface area contributed by atoms with Gasteiger partial charge in [0.15, 0.2) is 0 Å². The van der Waals surface area contributed by atoms with Gasteiger partial charge in [-0.15, -0.1) is 0 Å². The molecule has 2 aliphatic rings. The van der Waals surface area contributed by atoms with Gasteiger partial charge < -0.3 is 10.3 Å². The van der Waals surface area contributed by atoms with Crippen LogP contribution in [0.4, 0.5) is 0 Å². The third kappa shape index (κ3) is 1.73. The van der Waals surface area contributed by atoms with Gasteiger partial charge in [0.1, 0.15) is 0 Å². The standard InChI is InChI=1S/C12H20NO/c1-8-7-11-9(2)10(11)5-4-6-12(8)13(3)14/h4,6,8-12H,5,7H2,1-3H3/q-1. The third-order valence-electron chi connectivity index (χ3n) is 4.15. The molecule has 0 aromatic carbocycles. The molecule has 2 nitrogen and oxygen atoms in total. The molecular weight excluding hydrogens is 174 g/mol. The Labute approximate surface area is 86.6 Å². The topological polar surface area (TPSA) is 26.3 Å². The van der Waals surface area contributed by atoms with E-state index in [4.69, 9.17) is 0 Å². The Morgan fingerprint density at radius 2 is 2.00 bits per heavy atom. The van der Waals surface area contributed by atoms with Gasteiger partial charge in [-0.3, -0.25) is 0 Å². The average Bonchev–Trinajstić information content (AvgIpc) is 2.65. The van der Waals surface area contributed by atoms with Crippen molar-refractivity contribution in [3.63, 3.8) is 0 Å². The highest BCUT2D eigenvalue weighted by Gasteiger charge is 2.46. The Hall–Kier alpha value is -0.340. The number of nitrogens with zero attached hydrogens (tertiary/aromatic N) is 1. The minimum absolute atomic E-state index is 0.101. The second-order valence-corrected chi connectivity index (χ2v) is 5.10. The van der Waals surface area contributed by atoms with Crippen molar-refractivity contribution < 1.29 is 0 Å². The zero-order valence-corrected chi connectivity index (χ0v) is 9.31. The quantitative estimate of drug-likeness (QED) is 0.474. The summed E-state index contributed by atoms with van der Waals surface area (Å²) in [6, 6.07) is 0.101. The van der Waals surface area contributed by atoms with E-state index in [1.807, 2.05) is 0 Å². The first kappa shape index (κ1) is 10.2. The molecule has 80 valence electrons. The zero-order valence-electron chi connectivity index (χ0n) is 9.31. The molecule has 0 aromatic heterocycles. The highest BCUT2D eigenvalue weighted by molar-refractivity contribution is 5.07. The van der Waals surface area contributed by atoms with Crippen LogP contribution >= 0.6 is 0 Å². The normalized spacial score (nSPS) is 47.1. The predicted molar refractivity (Wildman–Crippen MR) is 58.6 cm³/mol. The van der Waals surface area contributed by atoms with E-state index >= 15 is 0 Å². The average molecular weight is 194 g/mol. The van der Waals surface area contributed by atoms with E-state index in [9.17, 15) is 5.21 Å². The minimum Gasteiger partial charge on any atom is -0.785 e. The summed E-state index contributed by atoms with van der Waals surface area (Å²) in [4.78, 5) is 0. The van der Waals surface area contributed by atoms with E-state index in [0.717, 1.165) is 22.8 Å². The van der Waals surface area contributed by atoms with Crippen molar-refractivity contribution in [2.45, 2.75) is 32.7 Å². The lowest BCUT2D eigenvalue weighted by Gasteiger charge is -2.36. The fourth-order valence-corrected chi connectivity index (χ4v) is 3.03. The van der Waals surface area contributed by atoms with Crippen LogP contribution in [0.2, 0.25) is 0 Å². The smallest absolute Gasteiger partial charge is 0.0184 e. The van der Waals surface area contributed by atoms with Gasteiger partial charge in [-0.05, 0) is 43.6 Å². The molecule has 5 unspecified atom stereocenters. The summed E-state index contributed by atoms with van der Waals surface area (Å²) >= 11 is 0. The zero-order chi connectivity index (χ0) is 10.3. The molecule has 0 radical (unpaired) electrons. The maximum Gasteiger partial charge on any atom is 0.0184 e. The number of hydrogen-bond acceptors (Lipinski definition) is 2. The van der Waals surface area contributed by atoms with Crippen molar-refractivity contribution in [1.82, 2.24) is 5.06 Å². The van der Waals surface area contributed by atoms with Crippen LogP contribution in [0.1, 0.15) is 26.7 Å².